The molecule has 1 aliphatic heterocycles. The molecule has 0 radical (unpaired) electrons. The van der Waals surface area contributed by atoms with Crippen molar-refractivity contribution in [2.75, 3.05) is 39.8 Å². The van der Waals surface area contributed by atoms with Crippen LogP contribution in [-0.4, -0.2) is 71.5 Å². The molecule has 0 saturated carbocycles. The lowest BCUT2D eigenvalue weighted by molar-refractivity contribution is 0.0914. The summed E-state index contributed by atoms with van der Waals surface area (Å²) >= 11 is 0. The first-order valence-electron chi connectivity index (χ1n) is 9.17. The number of hydrogen-bond acceptors (Lipinski definition) is 4. The lowest BCUT2D eigenvalue weighted by Crippen LogP contribution is -2.53. The number of ether oxygens (including phenoxy) is 1. The molecule has 8 nitrogen and oxygen atoms in total. The minimum Gasteiger partial charge on any atom is -0.450 e. The monoisotopic (exact) mass is 498 g/mol. The smallest absolute Gasteiger partial charge is 0.409 e. The summed E-state index contributed by atoms with van der Waals surface area (Å²) in [7, 11) is 1.78. The van der Waals surface area contributed by atoms with E-state index in [1.54, 1.807) is 18.1 Å². The van der Waals surface area contributed by atoms with Gasteiger partial charge in [0.2, 0.25) is 0 Å². The Morgan fingerprint density at radius 2 is 1.86 bits per heavy atom. The third-order valence-electron chi connectivity index (χ3n) is 4.47. The molecule has 1 amide bonds. The molecule has 0 atom stereocenters. The molecule has 2 aromatic rings. The fraction of sp³-hybridized carbons (Fsp3) is 0.421. The van der Waals surface area contributed by atoms with Gasteiger partial charge in [0.25, 0.3) is 0 Å². The van der Waals surface area contributed by atoms with E-state index in [-0.39, 0.29) is 30.1 Å². The van der Waals surface area contributed by atoms with E-state index in [1.165, 1.54) is 0 Å². The molecule has 152 valence electrons. The van der Waals surface area contributed by atoms with Gasteiger partial charge in [0.15, 0.2) is 5.96 Å². The average molecular weight is 498 g/mol. The Labute approximate surface area is 182 Å². The molecule has 1 fully saturated rings. The van der Waals surface area contributed by atoms with E-state index < -0.39 is 0 Å². The molecule has 28 heavy (non-hydrogen) atoms. The first-order chi connectivity index (χ1) is 13.2. The van der Waals surface area contributed by atoms with Crippen molar-refractivity contribution in [1.29, 1.82) is 0 Å². The average Bonchev–Trinajstić information content (AvgIpc) is 3.24. The Morgan fingerprint density at radius 1 is 1.18 bits per heavy atom. The summed E-state index contributed by atoms with van der Waals surface area (Å²) in [6, 6.07) is 10.2. The zero-order valence-corrected chi connectivity index (χ0v) is 18.6. The Morgan fingerprint density at radius 3 is 2.43 bits per heavy atom. The molecule has 1 aliphatic rings. The third-order valence-corrected chi connectivity index (χ3v) is 4.47. The number of aliphatic imine (C=N–C) groups is 1. The number of benzene rings is 1. The van der Waals surface area contributed by atoms with Crippen molar-refractivity contribution in [3.63, 3.8) is 0 Å². The number of aromatic nitrogens is 2. The number of amides is 1. The number of nitrogens with zero attached hydrogens (tertiary/aromatic N) is 5. The van der Waals surface area contributed by atoms with Gasteiger partial charge in [-0.1, -0.05) is 12.1 Å². The number of carbonyl (C=O) groups excluding carboxylic acids is 1. The summed E-state index contributed by atoms with van der Waals surface area (Å²) in [6.45, 7) is 5.65. The van der Waals surface area contributed by atoms with Gasteiger partial charge in [0.05, 0.1) is 12.3 Å². The summed E-state index contributed by atoms with van der Waals surface area (Å²) in [4.78, 5) is 20.1. The first kappa shape index (κ1) is 22.0. The summed E-state index contributed by atoms with van der Waals surface area (Å²) in [5, 5.41) is 7.63. The predicted octanol–water partition coefficient (Wildman–Crippen LogP) is 2.34. The van der Waals surface area contributed by atoms with Crippen molar-refractivity contribution in [1.82, 2.24) is 24.9 Å². The lowest BCUT2D eigenvalue weighted by Gasteiger charge is -2.35. The van der Waals surface area contributed by atoms with Crippen LogP contribution < -0.4 is 5.32 Å². The van der Waals surface area contributed by atoms with Gasteiger partial charge in [-0.3, -0.25) is 4.99 Å². The normalized spacial score (nSPS) is 14.4. The van der Waals surface area contributed by atoms with Gasteiger partial charge < -0.3 is 19.9 Å². The van der Waals surface area contributed by atoms with Crippen molar-refractivity contribution in [3.05, 3.63) is 48.3 Å². The molecule has 1 aromatic heterocycles. The molecular weight excluding hydrogens is 471 g/mol. The van der Waals surface area contributed by atoms with E-state index in [2.05, 4.69) is 32.4 Å². The molecule has 1 N–H and O–H groups in total. The van der Waals surface area contributed by atoms with Crippen LogP contribution in [0.15, 0.2) is 47.7 Å². The molecule has 0 bridgehead atoms. The van der Waals surface area contributed by atoms with Crippen molar-refractivity contribution in [3.8, 4) is 5.69 Å². The number of guanidine groups is 1. The van der Waals surface area contributed by atoms with E-state index in [1.807, 2.05) is 36.0 Å². The van der Waals surface area contributed by atoms with Crippen molar-refractivity contribution in [2.24, 2.45) is 4.99 Å². The van der Waals surface area contributed by atoms with Crippen LogP contribution in [0.2, 0.25) is 0 Å². The summed E-state index contributed by atoms with van der Waals surface area (Å²) in [6.07, 6.45) is 3.45. The largest absolute Gasteiger partial charge is 0.450 e. The predicted molar refractivity (Wildman–Crippen MR) is 119 cm³/mol. The number of rotatable bonds is 4. The molecule has 3 rings (SSSR count). The Bertz CT molecular complexity index is 755. The standard InChI is InChI=1S/C19H26N6O2.HI/c1-3-27-19(26)24-13-11-23(12-14-24)18(20-2)21-15-16-5-7-17(8-6-16)25-10-4-9-22-25;/h4-10H,3,11-15H2,1-2H3,(H,20,21);1H. The van der Waals surface area contributed by atoms with Crippen LogP contribution in [-0.2, 0) is 11.3 Å². The van der Waals surface area contributed by atoms with Gasteiger partial charge in [-0.05, 0) is 30.7 Å². The van der Waals surface area contributed by atoms with Gasteiger partial charge >= 0.3 is 6.09 Å². The number of nitrogens with one attached hydrogen (secondary N) is 1. The maximum atomic E-state index is 11.8. The quantitative estimate of drug-likeness (QED) is 0.398. The van der Waals surface area contributed by atoms with Gasteiger partial charge in [0, 0.05) is 52.2 Å². The second kappa shape index (κ2) is 10.9. The van der Waals surface area contributed by atoms with E-state index in [9.17, 15) is 4.79 Å². The topological polar surface area (TPSA) is 75.0 Å². The second-order valence-electron chi connectivity index (χ2n) is 6.19. The highest BCUT2D eigenvalue weighted by molar-refractivity contribution is 14.0. The Kier molecular flexibility index (Phi) is 8.55. The maximum Gasteiger partial charge on any atom is 0.409 e. The minimum absolute atomic E-state index is 0. The molecule has 0 aliphatic carbocycles. The molecular formula is C19H27IN6O2. The van der Waals surface area contributed by atoms with Gasteiger partial charge in [-0.2, -0.15) is 5.10 Å². The minimum atomic E-state index is -0.239. The van der Waals surface area contributed by atoms with Crippen molar-refractivity contribution < 1.29 is 9.53 Å². The number of carbonyl (C=O) groups is 1. The number of hydrogen-bond donors (Lipinski definition) is 1. The molecule has 2 heterocycles. The summed E-state index contributed by atoms with van der Waals surface area (Å²) in [5.74, 6) is 0.842. The SMILES string of the molecule is CCOC(=O)N1CCN(C(=NC)NCc2ccc(-n3cccn3)cc2)CC1.I. The van der Waals surface area contributed by atoms with Crippen LogP contribution in [0.4, 0.5) is 4.79 Å². The lowest BCUT2D eigenvalue weighted by atomic mass is 10.2. The number of halogens is 1. The molecule has 1 aromatic carbocycles. The summed E-state index contributed by atoms with van der Waals surface area (Å²) < 4.78 is 6.89. The molecule has 0 spiro atoms. The van der Waals surface area contributed by atoms with Gasteiger partial charge in [0.1, 0.15) is 0 Å². The maximum absolute atomic E-state index is 11.8. The van der Waals surface area contributed by atoms with E-state index >= 15 is 0 Å². The first-order valence-corrected chi connectivity index (χ1v) is 9.17. The van der Waals surface area contributed by atoms with Gasteiger partial charge in [-0.25, -0.2) is 9.48 Å². The molecule has 1 saturated heterocycles. The zero-order valence-electron chi connectivity index (χ0n) is 16.2. The van der Waals surface area contributed by atoms with E-state index in [0.717, 1.165) is 30.3 Å². The van der Waals surface area contributed by atoms with Crippen LogP contribution in [0, 0.1) is 0 Å². The fourth-order valence-corrected chi connectivity index (χ4v) is 3.02. The summed E-state index contributed by atoms with van der Waals surface area (Å²) in [5.41, 5.74) is 2.19. The highest BCUT2D eigenvalue weighted by Crippen LogP contribution is 2.09. The third kappa shape index (κ3) is 5.60. The molecule has 9 heteroatoms. The van der Waals surface area contributed by atoms with Crippen molar-refractivity contribution >= 4 is 36.0 Å². The number of piperazine rings is 1. The van der Waals surface area contributed by atoms with Crippen molar-refractivity contribution in [2.45, 2.75) is 13.5 Å². The zero-order chi connectivity index (χ0) is 19.1. The highest BCUT2D eigenvalue weighted by atomic mass is 127. The fourth-order valence-electron chi connectivity index (χ4n) is 3.02. The molecule has 0 unspecified atom stereocenters. The Hall–Kier alpha value is -2.30. The highest BCUT2D eigenvalue weighted by Gasteiger charge is 2.23. The van der Waals surface area contributed by atoms with Crippen LogP contribution in [0.1, 0.15) is 12.5 Å². The van der Waals surface area contributed by atoms with Gasteiger partial charge in [-0.15, -0.1) is 24.0 Å². The van der Waals surface area contributed by atoms with Crippen LogP contribution >= 0.6 is 24.0 Å². The van der Waals surface area contributed by atoms with Crippen LogP contribution in [0.25, 0.3) is 5.69 Å². The van der Waals surface area contributed by atoms with Crippen LogP contribution in [0.5, 0.6) is 0 Å². The van der Waals surface area contributed by atoms with Crippen LogP contribution in [0.3, 0.4) is 0 Å². The van der Waals surface area contributed by atoms with E-state index in [0.29, 0.717) is 26.2 Å². The Balaban J connectivity index is 0.00000280. The van der Waals surface area contributed by atoms with E-state index in [4.69, 9.17) is 4.74 Å². The second-order valence-corrected chi connectivity index (χ2v) is 6.19.